The number of aliphatic hydroxyl groups excluding tert-OH is 4. The molecule has 0 unspecified atom stereocenters. The van der Waals surface area contributed by atoms with E-state index >= 15 is 0 Å². The predicted molar refractivity (Wildman–Crippen MR) is 124 cm³/mol. The lowest BCUT2D eigenvalue weighted by atomic mass is 9.96. The van der Waals surface area contributed by atoms with E-state index in [0.717, 1.165) is 0 Å². The molecular weight excluding hydrogens is 464 g/mol. The Hall–Kier alpha value is -1.48. The van der Waals surface area contributed by atoms with E-state index in [1.807, 2.05) is 0 Å². The Morgan fingerprint density at radius 2 is 1.09 bits per heavy atom. The lowest BCUT2D eigenvalue weighted by Gasteiger charge is -2.48. The zero-order chi connectivity index (χ0) is 25.8. The fraction of sp³-hybridized carbons (Fsp3) is 0.667. The summed E-state index contributed by atoms with van der Waals surface area (Å²) in [7, 11) is 0. The first-order valence-corrected chi connectivity index (χ1v) is 11.4. The molecule has 0 spiro atoms. The lowest BCUT2D eigenvalue weighted by Crippen LogP contribution is -2.66. The number of rotatable bonds is 16. The highest BCUT2D eigenvalue weighted by atomic mass is 16.7. The van der Waals surface area contributed by atoms with Gasteiger partial charge in [-0.1, -0.05) is 24.3 Å². The monoisotopic (exact) mass is 502 g/mol. The molecule has 2 aliphatic heterocycles. The average molecular weight is 503 g/mol. The smallest absolute Gasteiger partial charge is 0.187 e. The van der Waals surface area contributed by atoms with Crippen LogP contribution in [0.1, 0.15) is 0 Å². The van der Waals surface area contributed by atoms with E-state index < -0.39 is 74.6 Å². The van der Waals surface area contributed by atoms with Gasteiger partial charge in [0.2, 0.25) is 0 Å². The first-order chi connectivity index (χ1) is 17.0. The molecule has 11 nitrogen and oxygen atoms in total. The van der Waals surface area contributed by atoms with E-state index in [4.69, 9.17) is 33.2 Å². The van der Waals surface area contributed by atoms with Gasteiger partial charge < -0.3 is 53.6 Å². The second kappa shape index (κ2) is 15.6. The molecule has 4 N–H and O–H groups in total. The van der Waals surface area contributed by atoms with Gasteiger partial charge in [0.25, 0.3) is 0 Å². The molecule has 0 saturated carbocycles. The Labute approximate surface area is 205 Å². The van der Waals surface area contributed by atoms with Gasteiger partial charge in [0.05, 0.1) is 39.6 Å². The van der Waals surface area contributed by atoms with Gasteiger partial charge in [0.1, 0.15) is 48.8 Å². The van der Waals surface area contributed by atoms with Crippen molar-refractivity contribution < 1.29 is 53.6 Å². The second-order valence-electron chi connectivity index (χ2n) is 7.91. The van der Waals surface area contributed by atoms with Crippen LogP contribution in [-0.4, -0.2) is 121 Å². The van der Waals surface area contributed by atoms with Gasteiger partial charge in [-0.3, -0.25) is 0 Å². The fourth-order valence-electron chi connectivity index (χ4n) is 3.96. The maximum absolute atomic E-state index is 10.7. The van der Waals surface area contributed by atoms with Crippen LogP contribution in [-0.2, 0) is 33.2 Å². The Kier molecular flexibility index (Phi) is 13.3. The molecule has 0 aromatic carbocycles. The van der Waals surface area contributed by atoms with E-state index in [9.17, 15) is 20.4 Å². The highest BCUT2D eigenvalue weighted by molar-refractivity contribution is 4.97. The van der Waals surface area contributed by atoms with E-state index in [0.29, 0.717) is 0 Å². The molecular formula is C24H38O11. The lowest BCUT2D eigenvalue weighted by molar-refractivity contribution is -0.365. The van der Waals surface area contributed by atoms with E-state index in [2.05, 4.69) is 26.3 Å². The minimum Gasteiger partial charge on any atom is -0.394 e. The van der Waals surface area contributed by atoms with E-state index in [1.54, 1.807) is 0 Å². The zero-order valence-electron chi connectivity index (χ0n) is 19.8. The molecule has 2 fully saturated rings. The van der Waals surface area contributed by atoms with Crippen LogP contribution in [0.15, 0.2) is 50.6 Å². The van der Waals surface area contributed by atoms with Gasteiger partial charge in [-0.2, -0.15) is 0 Å². The summed E-state index contributed by atoms with van der Waals surface area (Å²) in [4.78, 5) is 0. The largest absolute Gasteiger partial charge is 0.394 e. The van der Waals surface area contributed by atoms with Crippen molar-refractivity contribution in [1.82, 2.24) is 0 Å². The van der Waals surface area contributed by atoms with E-state index in [1.165, 1.54) is 24.3 Å². The summed E-state index contributed by atoms with van der Waals surface area (Å²) in [6.45, 7) is 13.8. The molecule has 0 bridgehead atoms. The third kappa shape index (κ3) is 7.75. The van der Waals surface area contributed by atoms with Crippen LogP contribution in [0.3, 0.4) is 0 Å². The SMILES string of the molecule is C=CCO[C@@H]1[C@@H](OCC=C)[C@H](O)O[C@H](CO)[C@H]1O[C@H]1O[C@H](CO)[C@@H](O)[C@H](OCC=C)[C@H]1OCC=C. The molecule has 0 amide bonds. The molecule has 0 radical (unpaired) electrons. The van der Waals surface area contributed by atoms with Gasteiger partial charge in [0.15, 0.2) is 12.6 Å². The molecule has 2 rings (SSSR count). The minimum atomic E-state index is -1.42. The summed E-state index contributed by atoms with van der Waals surface area (Å²) in [5.74, 6) is 0. The van der Waals surface area contributed by atoms with Crippen LogP contribution in [0.4, 0.5) is 0 Å². The average Bonchev–Trinajstić information content (AvgIpc) is 2.86. The quantitative estimate of drug-likeness (QED) is 0.202. The Morgan fingerprint density at radius 3 is 1.60 bits per heavy atom. The molecule has 0 aromatic heterocycles. The molecule has 2 aliphatic rings. The zero-order valence-corrected chi connectivity index (χ0v) is 19.8. The highest BCUT2D eigenvalue weighted by Gasteiger charge is 2.53. The predicted octanol–water partition coefficient (Wildman–Crippen LogP) is -0.556. The minimum absolute atomic E-state index is 0.0864. The third-order valence-corrected chi connectivity index (χ3v) is 5.51. The van der Waals surface area contributed by atoms with Gasteiger partial charge in [0, 0.05) is 0 Å². The molecule has 2 saturated heterocycles. The summed E-state index contributed by atoms with van der Waals surface area (Å²) in [6.07, 6.45) is -4.75. The number of hydrogen-bond acceptors (Lipinski definition) is 11. The molecule has 2 heterocycles. The maximum Gasteiger partial charge on any atom is 0.187 e. The van der Waals surface area contributed by atoms with Gasteiger partial charge in [-0.25, -0.2) is 0 Å². The second-order valence-corrected chi connectivity index (χ2v) is 7.91. The summed E-state index contributed by atoms with van der Waals surface area (Å²) in [5, 5.41) is 41.0. The maximum atomic E-state index is 10.7. The summed E-state index contributed by atoms with van der Waals surface area (Å²) in [5.41, 5.74) is 0. The molecule has 10 atom stereocenters. The Balaban J connectivity index is 2.39. The van der Waals surface area contributed by atoms with Crippen molar-refractivity contribution in [3.8, 4) is 0 Å². The Bertz CT molecular complexity index is 659. The first-order valence-electron chi connectivity index (χ1n) is 11.4. The molecule has 0 aliphatic carbocycles. The van der Waals surface area contributed by atoms with Crippen molar-refractivity contribution in [2.75, 3.05) is 39.6 Å². The van der Waals surface area contributed by atoms with Crippen molar-refractivity contribution in [3.63, 3.8) is 0 Å². The standard InChI is InChI=1S/C24H38O11/c1-5-9-29-19-17(27)15(13-25)34-24(22(19)32-12-8-4)35-18-16(14-26)33-23(28)21(31-11-7-3)20(18)30-10-6-2/h5-8,15-28H,1-4,9-14H2/t15-,16-,17-,18-,19+,20+,21-,22-,23-,24-/m1/s1. The van der Waals surface area contributed by atoms with Crippen LogP contribution in [0.25, 0.3) is 0 Å². The van der Waals surface area contributed by atoms with Crippen LogP contribution >= 0.6 is 0 Å². The summed E-state index contributed by atoms with van der Waals surface area (Å²) < 4.78 is 40.7. The normalized spacial score (nSPS) is 37.5. The molecule has 11 heteroatoms. The van der Waals surface area contributed by atoms with Crippen molar-refractivity contribution >= 4 is 0 Å². The Morgan fingerprint density at radius 1 is 0.600 bits per heavy atom. The first kappa shape index (κ1) is 29.7. The van der Waals surface area contributed by atoms with Crippen molar-refractivity contribution in [3.05, 3.63) is 50.6 Å². The van der Waals surface area contributed by atoms with E-state index in [-0.39, 0.29) is 26.4 Å². The number of aliphatic hydroxyl groups is 4. The van der Waals surface area contributed by atoms with Crippen molar-refractivity contribution in [1.29, 1.82) is 0 Å². The van der Waals surface area contributed by atoms with Crippen LogP contribution in [0.2, 0.25) is 0 Å². The third-order valence-electron chi connectivity index (χ3n) is 5.51. The summed E-state index contributed by atoms with van der Waals surface area (Å²) >= 11 is 0. The number of ether oxygens (including phenoxy) is 7. The van der Waals surface area contributed by atoms with Gasteiger partial charge in [-0.15, -0.1) is 26.3 Å². The van der Waals surface area contributed by atoms with Crippen LogP contribution < -0.4 is 0 Å². The van der Waals surface area contributed by atoms with Gasteiger partial charge >= 0.3 is 0 Å². The highest BCUT2D eigenvalue weighted by Crippen LogP contribution is 2.33. The molecule has 35 heavy (non-hydrogen) atoms. The van der Waals surface area contributed by atoms with Crippen molar-refractivity contribution in [2.45, 2.75) is 61.4 Å². The number of hydrogen-bond donors (Lipinski definition) is 4. The van der Waals surface area contributed by atoms with Gasteiger partial charge in [-0.05, 0) is 0 Å². The van der Waals surface area contributed by atoms with Crippen molar-refractivity contribution in [2.24, 2.45) is 0 Å². The van der Waals surface area contributed by atoms with Crippen LogP contribution in [0, 0.1) is 0 Å². The summed E-state index contributed by atoms with van der Waals surface area (Å²) in [6, 6.07) is 0. The molecule has 0 aromatic rings. The topological polar surface area (TPSA) is 146 Å². The van der Waals surface area contributed by atoms with Crippen LogP contribution in [0.5, 0.6) is 0 Å². The molecule has 200 valence electrons. The fourth-order valence-corrected chi connectivity index (χ4v) is 3.96.